The van der Waals surface area contributed by atoms with E-state index in [-0.39, 0.29) is 11.9 Å². The minimum Gasteiger partial charge on any atom is -0.494 e. The topological polar surface area (TPSA) is 60.1 Å². The Hall–Kier alpha value is -2.88. The quantitative estimate of drug-likeness (QED) is 0.541. The maximum absolute atomic E-state index is 10.3. The number of nitrogens with one attached hydrogen (secondary N) is 3. The van der Waals surface area contributed by atoms with Crippen LogP contribution in [0.25, 0.3) is 0 Å². The van der Waals surface area contributed by atoms with Crippen molar-refractivity contribution < 1.29 is 5.11 Å². The first kappa shape index (κ1) is 12.8. The van der Waals surface area contributed by atoms with Crippen LogP contribution in [0.3, 0.4) is 0 Å². The Kier molecular flexibility index (Phi) is 2.82. The second kappa shape index (κ2) is 4.84. The molecule has 1 unspecified atom stereocenters. The normalized spacial score (nSPS) is 16.0. The molecule has 0 fully saturated rings. The van der Waals surface area contributed by atoms with Gasteiger partial charge in [-0.2, -0.15) is 0 Å². The first-order valence-electron chi connectivity index (χ1n) is 7.32. The van der Waals surface area contributed by atoms with E-state index in [1.807, 2.05) is 24.3 Å². The molecular weight excluding hydrogens is 274 g/mol. The van der Waals surface area contributed by atoms with Crippen molar-refractivity contribution in [2.75, 3.05) is 10.6 Å². The Morgan fingerprint density at radius 1 is 0.909 bits per heavy atom. The van der Waals surface area contributed by atoms with E-state index < -0.39 is 0 Å². The molecule has 3 aromatic rings. The average Bonchev–Trinajstić information content (AvgIpc) is 2.79. The van der Waals surface area contributed by atoms with E-state index in [2.05, 4.69) is 46.8 Å². The van der Waals surface area contributed by atoms with Crippen molar-refractivity contribution in [1.29, 1.82) is 0 Å². The van der Waals surface area contributed by atoms with Crippen LogP contribution in [-0.2, 0) is 0 Å². The third-order valence-electron chi connectivity index (χ3n) is 4.09. The lowest BCUT2D eigenvalue weighted by Gasteiger charge is -2.19. The Morgan fingerprint density at radius 3 is 2.41 bits per heavy atom. The highest BCUT2D eigenvalue weighted by Crippen LogP contribution is 2.43. The molecule has 1 aliphatic heterocycles. The van der Waals surface area contributed by atoms with Gasteiger partial charge in [-0.1, -0.05) is 42.0 Å². The summed E-state index contributed by atoms with van der Waals surface area (Å²) >= 11 is 0. The molecule has 110 valence electrons. The number of hydrogen-bond donors (Lipinski definition) is 4. The summed E-state index contributed by atoms with van der Waals surface area (Å²) in [6.45, 7) is 2.07. The lowest BCUT2D eigenvalue weighted by Crippen LogP contribution is -2.11. The molecule has 4 rings (SSSR count). The maximum Gasteiger partial charge on any atom is 0.196 e. The van der Waals surface area contributed by atoms with Crippen molar-refractivity contribution in [3.8, 4) is 5.88 Å². The van der Waals surface area contributed by atoms with Gasteiger partial charge in [0.2, 0.25) is 0 Å². The number of H-pyrrole nitrogens is 1. The third-order valence-corrected chi connectivity index (χ3v) is 4.09. The predicted octanol–water partition coefficient (Wildman–Crippen LogP) is 4.29. The molecule has 22 heavy (non-hydrogen) atoms. The molecule has 1 atom stereocenters. The maximum atomic E-state index is 10.3. The van der Waals surface area contributed by atoms with Gasteiger partial charge in [-0.05, 0) is 24.6 Å². The monoisotopic (exact) mass is 291 g/mol. The molecule has 0 saturated carbocycles. The summed E-state index contributed by atoms with van der Waals surface area (Å²) < 4.78 is 0. The first-order chi connectivity index (χ1) is 10.7. The Bertz CT molecular complexity index is 821. The smallest absolute Gasteiger partial charge is 0.196 e. The molecule has 1 aromatic heterocycles. The van der Waals surface area contributed by atoms with Crippen LogP contribution in [0.2, 0.25) is 0 Å². The lowest BCUT2D eigenvalue weighted by molar-refractivity contribution is 0.449. The van der Waals surface area contributed by atoms with Gasteiger partial charge in [0.05, 0.1) is 28.7 Å². The number of aromatic hydroxyl groups is 1. The van der Waals surface area contributed by atoms with Gasteiger partial charge in [-0.3, -0.25) is 0 Å². The molecule has 0 bridgehead atoms. The van der Waals surface area contributed by atoms with Crippen molar-refractivity contribution in [3.63, 3.8) is 0 Å². The standard InChI is InChI=1S/C18H17N3O/c1-11-6-8-12(9-7-11)17-16-15(10-19-18(16)22)20-13-4-2-3-5-14(13)21-17/h2-10,17,19-22H,1H3. The van der Waals surface area contributed by atoms with Crippen molar-refractivity contribution >= 4 is 17.1 Å². The van der Waals surface area contributed by atoms with Crippen LogP contribution < -0.4 is 10.6 Å². The number of rotatable bonds is 1. The largest absolute Gasteiger partial charge is 0.494 e. The van der Waals surface area contributed by atoms with Crippen molar-refractivity contribution in [1.82, 2.24) is 4.98 Å². The van der Waals surface area contributed by atoms with Gasteiger partial charge in [0.1, 0.15) is 0 Å². The predicted molar refractivity (Wildman–Crippen MR) is 88.8 cm³/mol. The van der Waals surface area contributed by atoms with Crippen molar-refractivity contribution in [2.24, 2.45) is 0 Å². The van der Waals surface area contributed by atoms with Gasteiger partial charge in [0.25, 0.3) is 0 Å². The van der Waals surface area contributed by atoms with Crippen LogP contribution in [0.15, 0.2) is 54.7 Å². The van der Waals surface area contributed by atoms with Crippen LogP contribution in [-0.4, -0.2) is 10.1 Å². The van der Waals surface area contributed by atoms with Crippen LogP contribution in [0, 0.1) is 6.92 Å². The van der Waals surface area contributed by atoms with Crippen molar-refractivity contribution in [2.45, 2.75) is 13.0 Å². The number of aromatic amines is 1. The molecule has 0 aliphatic carbocycles. The highest BCUT2D eigenvalue weighted by Gasteiger charge is 2.26. The van der Waals surface area contributed by atoms with Gasteiger partial charge in [-0.25, -0.2) is 0 Å². The lowest BCUT2D eigenvalue weighted by atomic mass is 9.98. The van der Waals surface area contributed by atoms with Gasteiger partial charge in [0.15, 0.2) is 5.88 Å². The molecule has 4 heteroatoms. The van der Waals surface area contributed by atoms with Gasteiger partial charge in [0, 0.05) is 6.20 Å². The molecule has 4 N–H and O–H groups in total. The zero-order valence-electron chi connectivity index (χ0n) is 12.2. The number of hydrogen-bond acceptors (Lipinski definition) is 3. The minimum atomic E-state index is -0.113. The average molecular weight is 291 g/mol. The SMILES string of the molecule is Cc1ccc(C2Nc3ccccc3Nc3c[nH]c(O)c32)cc1. The summed E-state index contributed by atoms with van der Waals surface area (Å²) in [4.78, 5) is 2.90. The molecule has 2 aromatic carbocycles. The van der Waals surface area contributed by atoms with Crippen molar-refractivity contribution in [3.05, 3.63) is 71.4 Å². The number of para-hydroxylation sites is 2. The molecule has 0 spiro atoms. The van der Waals surface area contributed by atoms with E-state index >= 15 is 0 Å². The summed E-state index contributed by atoms with van der Waals surface area (Å²) in [7, 11) is 0. The molecular formula is C18H17N3O. The highest BCUT2D eigenvalue weighted by atomic mass is 16.3. The van der Waals surface area contributed by atoms with Gasteiger partial charge in [-0.15, -0.1) is 0 Å². The van der Waals surface area contributed by atoms with Crippen LogP contribution >= 0.6 is 0 Å². The molecule has 2 heterocycles. The Balaban J connectivity index is 1.89. The zero-order chi connectivity index (χ0) is 15.1. The van der Waals surface area contributed by atoms with Crippen LogP contribution in [0.5, 0.6) is 5.88 Å². The van der Waals surface area contributed by atoms with E-state index in [1.54, 1.807) is 6.20 Å². The number of anilines is 3. The third kappa shape index (κ3) is 2.00. The summed E-state index contributed by atoms with van der Waals surface area (Å²) in [6.07, 6.45) is 1.80. The Labute approximate surface area is 128 Å². The molecule has 0 radical (unpaired) electrons. The van der Waals surface area contributed by atoms with Gasteiger partial charge >= 0.3 is 0 Å². The minimum absolute atomic E-state index is 0.113. The van der Waals surface area contributed by atoms with Crippen LogP contribution in [0.4, 0.5) is 17.1 Å². The fourth-order valence-electron chi connectivity index (χ4n) is 2.92. The molecule has 4 nitrogen and oxygen atoms in total. The number of aromatic nitrogens is 1. The van der Waals surface area contributed by atoms with E-state index in [9.17, 15) is 5.11 Å². The number of fused-ring (bicyclic) bond motifs is 2. The van der Waals surface area contributed by atoms with Gasteiger partial charge < -0.3 is 20.7 Å². The number of aryl methyl sites for hydroxylation is 1. The summed E-state index contributed by atoms with van der Waals surface area (Å²) in [5.41, 5.74) is 6.07. The van der Waals surface area contributed by atoms with E-state index in [0.717, 1.165) is 28.2 Å². The summed E-state index contributed by atoms with van der Waals surface area (Å²) in [5, 5.41) is 17.2. The van der Waals surface area contributed by atoms with E-state index in [0.29, 0.717) is 0 Å². The molecule has 1 aliphatic rings. The zero-order valence-corrected chi connectivity index (χ0v) is 12.2. The molecule has 0 amide bonds. The second-order valence-electron chi connectivity index (χ2n) is 5.62. The highest BCUT2D eigenvalue weighted by molar-refractivity contribution is 5.80. The summed E-state index contributed by atoms with van der Waals surface area (Å²) in [6, 6.07) is 16.3. The van der Waals surface area contributed by atoms with Crippen LogP contribution in [0.1, 0.15) is 22.7 Å². The van der Waals surface area contributed by atoms with E-state index in [1.165, 1.54) is 5.56 Å². The summed E-state index contributed by atoms with van der Waals surface area (Å²) in [5.74, 6) is 0.188. The van der Waals surface area contributed by atoms with E-state index in [4.69, 9.17) is 0 Å². The Morgan fingerprint density at radius 2 is 1.64 bits per heavy atom. The first-order valence-corrected chi connectivity index (χ1v) is 7.32. The fourth-order valence-corrected chi connectivity index (χ4v) is 2.92. The molecule has 0 saturated heterocycles. The fraction of sp³-hybridized carbons (Fsp3) is 0.111. The second-order valence-corrected chi connectivity index (χ2v) is 5.62. The number of benzene rings is 2.